The molecule has 1 heterocycles. The predicted octanol–water partition coefficient (Wildman–Crippen LogP) is 5.15. The van der Waals surface area contributed by atoms with Gasteiger partial charge in [-0.05, 0) is 49.7 Å². The zero-order valence-electron chi connectivity index (χ0n) is 16.9. The number of benzene rings is 1. The van der Waals surface area contributed by atoms with Gasteiger partial charge in [0.15, 0.2) is 0 Å². The Labute approximate surface area is 173 Å². The van der Waals surface area contributed by atoms with Crippen molar-refractivity contribution >= 4 is 41.7 Å². The van der Waals surface area contributed by atoms with Crippen molar-refractivity contribution in [3.05, 3.63) is 35.8 Å². The van der Waals surface area contributed by atoms with Crippen molar-refractivity contribution in [3.8, 4) is 0 Å². The van der Waals surface area contributed by atoms with Crippen LogP contribution in [-0.2, 0) is 0 Å². The second-order valence-corrected chi connectivity index (χ2v) is 8.08. The molecule has 0 fully saturated rings. The summed E-state index contributed by atoms with van der Waals surface area (Å²) < 4.78 is 0. The molecule has 1 aromatic heterocycles. The normalized spacial score (nSPS) is 11.1. The van der Waals surface area contributed by atoms with E-state index in [1.807, 2.05) is 31.2 Å². The summed E-state index contributed by atoms with van der Waals surface area (Å²) in [6.45, 7) is 5.13. The van der Waals surface area contributed by atoms with Gasteiger partial charge in [-0.2, -0.15) is 0 Å². The molecule has 0 unspecified atom stereocenters. The highest BCUT2D eigenvalue weighted by molar-refractivity contribution is 7.13. The van der Waals surface area contributed by atoms with Crippen LogP contribution in [0.25, 0.3) is 0 Å². The van der Waals surface area contributed by atoms with E-state index >= 15 is 0 Å². The second kappa shape index (κ2) is 12.7. The highest BCUT2D eigenvalue weighted by Crippen LogP contribution is 2.24. The van der Waals surface area contributed by atoms with Gasteiger partial charge >= 0.3 is 0 Å². The van der Waals surface area contributed by atoms with E-state index in [0.717, 1.165) is 57.1 Å². The fraction of sp³-hybridized carbons (Fsp3) is 0.526. The van der Waals surface area contributed by atoms with Gasteiger partial charge in [0.25, 0.3) is 13.8 Å². The average molecular weight is 400 g/mol. The number of anilines is 1. The van der Waals surface area contributed by atoms with Crippen molar-refractivity contribution in [1.29, 1.82) is 0 Å². The standard InChI is InChI=1S/C19H30B2N4O2S/c1-20(26)11-3-5-14-25(15-6-4-12-21(2)27)18-9-7-17(8-10-18)23-24-19-22-13-16-28-19/h7-10,13,16,26-27H,3-6,11-12,14-15H2,1-2H3. The fourth-order valence-electron chi connectivity index (χ4n) is 2.95. The van der Waals surface area contributed by atoms with Crippen molar-refractivity contribution in [2.24, 2.45) is 10.2 Å². The third-order valence-electron chi connectivity index (χ3n) is 4.49. The summed E-state index contributed by atoms with van der Waals surface area (Å²) in [5.41, 5.74) is 1.98. The Morgan fingerprint density at radius 3 is 2.04 bits per heavy atom. The third kappa shape index (κ3) is 8.99. The van der Waals surface area contributed by atoms with Crippen molar-refractivity contribution < 1.29 is 10.0 Å². The van der Waals surface area contributed by atoms with Crippen LogP contribution >= 0.6 is 11.3 Å². The monoisotopic (exact) mass is 400 g/mol. The highest BCUT2D eigenvalue weighted by atomic mass is 32.1. The van der Waals surface area contributed by atoms with Crippen LogP contribution in [0.3, 0.4) is 0 Å². The maximum absolute atomic E-state index is 9.45. The molecule has 0 saturated heterocycles. The Morgan fingerprint density at radius 1 is 0.929 bits per heavy atom. The van der Waals surface area contributed by atoms with Crippen LogP contribution in [0.1, 0.15) is 25.7 Å². The zero-order valence-corrected chi connectivity index (χ0v) is 17.7. The zero-order chi connectivity index (χ0) is 20.2. The molecule has 0 bridgehead atoms. The van der Waals surface area contributed by atoms with E-state index in [0.29, 0.717) is 5.13 Å². The molecule has 9 heteroatoms. The molecule has 0 aliphatic heterocycles. The van der Waals surface area contributed by atoms with Gasteiger partial charge in [0.1, 0.15) is 0 Å². The summed E-state index contributed by atoms with van der Waals surface area (Å²) in [6, 6.07) is 8.12. The van der Waals surface area contributed by atoms with E-state index < -0.39 is 0 Å². The molecule has 0 aliphatic rings. The second-order valence-electron chi connectivity index (χ2n) is 7.21. The van der Waals surface area contributed by atoms with Gasteiger partial charge in [-0.25, -0.2) is 4.98 Å². The minimum atomic E-state index is -0.234. The lowest BCUT2D eigenvalue weighted by Gasteiger charge is -2.25. The molecule has 0 aliphatic carbocycles. The molecular weight excluding hydrogens is 370 g/mol. The molecule has 150 valence electrons. The number of hydrogen-bond donors (Lipinski definition) is 2. The van der Waals surface area contributed by atoms with Gasteiger partial charge in [0, 0.05) is 30.4 Å². The minimum Gasteiger partial charge on any atom is -0.451 e. The lowest BCUT2D eigenvalue weighted by atomic mass is 9.67. The van der Waals surface area contributed by atoms with Crippen molar-refractivity contribution in [1.82, 2.24) is 4.98 Å². The first-order chi connectivity index (χ1) is 13.5. The number of azo groups is 1. The smallest absolute Gasteiger partial charge is 0.285 e. The molecule has 0 saturated carbocycles. The molecule has 2 aromatic rings. The molecule has 6 nitrogen and oxygen atoms in total. The van der Waals surface area contributed by atoms with E-state index in [1.165, 1.54) is 17.0 Å². The first-order valence-electron chi connectivity index (χ1n) is 10.1. The van der Waals surface area contributed by atoms with Crippen LogP contribution < -0.4 is 4.90 Å². The van der Waals surface area contributed by atoms with Crippen LogP contribution in [0.2, 0.25) is 26.3 Å². The molecule has 0 radical (unpaired) electrons. The number of hydrogen-bond acceptors (Lipinski definition) is 7. The summed E-state index contributed by atoms with van der Waals surface area (Å²) in [7, 11) is 0. The summed E-state index contributed by atoms with van der Waals surface area (Å²) in [5.74, 6) is 0. The average Bonchev–Trinajstić information content (AvgIpc) is 3.19. The largest absolute Gasteiger partial charge is 0.451 e. The molecule has 0 atom stereocenters. The van der Waals surface area contributed by atoms with Crippen LogP contribution in [0, 0.1) is 0 Å². The Balaban J connectivity index is 1.93. The highest BCUT2D eigenvalue weighted by Gasteiger charge is 2.09. The number of unbranched alkanes of at least 4 members (excludes halogenated alkanes) is 2. The Hall–Kier alpha value is -1.70. The third-order valence-corrected chi connectivity index (χ3v) is 5.14. The maximum Gasteiger partial charge on any atom is 0.285 e. The van der Waals surface area contributed by atoms with Crippen LogP contribution in [-0.4, -0.2) is 42.0 Å². The molecule has 1 aromatic carbocycles. The fourth-order valence-corrected chi connectivity index (χ4v) is 3.40. The summed E-state index contributed by atoms with van der Waals surface area (Å²) in [6.07, 6.45) is 7.52. The van der Waals surface area contributed by atoms with Crippen LogP contribution in [0.15, 0.2) is 46.1 Å². The lowest BCUT2D eigenvalue weighted by Crippen LogP contribution is -2.26. The van der Waals surface area contributed by atoms with Gasteiger partial charge in [0.05, 0.1) is 5.69 Å². The van der Waals surface area contributed by atoms with E-state index in [-0.39, 0.29) is 13.8 Å². The van der Waals surface area contributed by atoms with Crippen LogP contribution in [0.5, 0.6) is 0 Å². The lowest BCUT2D eigenvalue weighted by molar-refractivity contribution is 0.565. The van der Waals surface area contributed by atoms with Gasteiger partial charge in [-0.3, -0.25) is 0 Å². The number of nitrogens with zero attached hydrogens (tertiary/aromatic N) is 4. The maximum atomic E-state index is 9.45. The number of aromatic nitrogens is 1. The SMILES string of the molecule is CB(O)CCCCN(CCCCB(C)O)c1ccc(N=Nc2nccs2)cc1. The summed E-state index contributed by atoms with van der Waals surface area (Å²) >= 11 is 1.46. The van der Waals surface area contributed by atoms with Crippen molar-refractivity contribution in [3.63, 3.8) is 0 Å². The molecule has 2 N–H and O–H groups in total. The Kier molecular flexibility index (Phi) is 10.2. The molecule has 0 amide bonds. The Morgan fingerprint density at radius 2 is 1.54 bits per heavy atom. The van der Waals surface area contributed by atoms with Crippen LogP contribution in [0.4, 0.5) is 16.5 Å². The Bertz CT molecular complexity index is 666. The van der Waals surface area contributed by atoms with E-state index in [2.05, 4.69) is 32.2 Å². The molecule has 2 rings (SSSR count). The van der Waals surface area contributed by atoms with E-state index in [9.17, 15) is 10.0 Å². The number of rotatable bonds is 13. The van der Waals surface area contributed by atoms with Gasteiger partial charge in [-0.15, -0.1) is 21.6 Å². The summed E-state index contributed by atoms with van der Waals surface area (Å²) in [5, 5.41) is 29.8. The molecule has 28 heavy (non-hydrogen) atoms. The molecule has 0 spiro atoms. The topological polar surface area (TPSA) is 81.3 Å². The van der Waals surface area contributed by atoms with Gasteiger partial charge in [0.2, 0.25) is 5.13 Å². The van der Waals surface area contributed by atoms with E-state index in [4.69, 9.17) is 0 Å². The first kappa shape index (κ1) is 22.6. The first-order valence-corrected chi connectivity index (χ1v) is 10.9. The van der Waals surface area contributed by atoms with Gasteiger partial charge in [-0.1, -0.05) is 26.5 Å². The van der Waals surface area contributed by atoms with Crippen molar-refractivity contribution in [2.75, 3.05) is 18.0 Å². The molecular formula is C19H30B2N4O2S. The minimum absolute atomic E-state index is 0.234. The number of thiazole rings is 1. The van der Waals surface area contributed by atoms with Crippen molar-refractivity contribution in [2.45, 2.75) is 52.0 Å². The van der Waals surface area contributed by atoms with Gasteiger partial charge < -0.3 is 14.9 Å². The van der Waals surface area contributed by atoms with E-state index in [1.54, 1.807) is 6.20 Å². The summed E-state index contributed by atoms with van der Waals surface area (Å²) in [4.78, 5) is 6.48. The quantitative estimate of drug-likeness (QED) is 0.277. The predicted molar refractivity (Wildman–Crippen MR) is 121 cm³/mol.